The Morgan fingerprint density at radius 2 is 0.868 bits per heavy atom. The van der Waals surface area contributed by atoms with E-state index in [0.717, 1.165) is 57.8 Å². The Balaban J connectivity index is 2.16. The third kappa shape index (κ3) is 40.9. The van der Waals surface area contributed by atoms with E-state index in [1.165, 1.54) is 173 Å². The Bertz CT molecular complexity index is 1420. The summed E-state index contributed by atoms with van der Waals surface area (Å²) in [6.45, 7) is 3.33. The maximum absolute atomic E-state index is 13.2. The summed E-state index contributed by atoms with van der Waals surface area (Å²) < 4.78 is 11.1. The van der Waals surface area contributed by atoms with Gasteiger partial charge in [-0.05, 0) is 89.9 Å². The second kappa shape index (κ2) is 53.5. The summed E-state index contributed by atoms with van der Waals surface area (Å²) in [5, 5.41) is 76.0. The van der Waals surface area contributed by atoms with Gasteiger partial charge in [0.2, 0.25) is 5.91 Å². The molecule has 11 nitrogen and oxygen atoms in total. The Labute approximate surface area is 465 Å². The molecule has 1 heterocycles. The molecule has 0 radical (unpaired) electrons. The molecule has 0 aromatic rings. The molecule has 8 N–H and O–H groups in total. The first-order valence-electron chi connectivity index (χ1n) is 31.7. The highest BCUT2D eigenvalue weighted by atomic mass is 16.7. The molecule has 0 saturated carbocycles. The minimum atomic E-state index is -1.67. The summed E-state index contributed by atoms with van der Waals surface area (Å²) in [5.74, 6) is -0.713. The molecular formula is C65H119NO10. The van der Waals surface area contributed by atoms with Crippen LogP contribution in [0, 0.1) is 0 Å². The lowest BCUT2D eigenvalue weighted by molar-refractivity contribution is -0.303. The predicted molar refractivity (Wildman–Crippen MR) is 316 cm³/mol. The molecule has 0 aromatic heterocycles. The molecule has 76 heavy (non-hydrogen) atoms. The molecule has 1 aliphatic rings. The van der Waals surface area contributed by atoms with Gasteiger partial charge in [-0.3, -0.25) is 4.79 Å². The molecular weight excluding hydrogens is 955 g/mol. The molecule has 1 saturated heterocycles. The van der Waals surface area contributed by atoms with Crippen molar-refractivity contribution in [3.63, 3.8) is 0 Å². The van der Waals surface area contributed by atoms with Gasteiger partial charge in [0.1, 0.15) is 36.6 Å². The van der Waals surface area contributed by atoms with Crippen LogP contribution in [-0.2, 0) is 14.3 Å². The number of hydrogen-bond acceptors (Lipinski definition) is 10. The van der Waals surface area contributed by atoms with E-state index >= 15 is 0 Å². The lowest BCUT2D eigenvalue weighted by Gasteiger charge is -2.40. The van der Waals surface area contributed by atoms with Gasteiger partial charge < -0.3 is 50.5 Å². The van der Waals surface area contributed by atoms with Crippen LogP contribution in [0.1, 0.15) is 277 Å². The van der Waals surface area contributed by atoms with Crippen LogP contribution in [0.3, 0.4) is 0 Å². The topological polar surface area (TPSA) is 189 Å². The van der Waals surface area contributed by atoms with E-state index in [0.29, 0.717) is 19.3 Å². The summed E-state index contributed by atoms with van der Waals surface area (Å²) in [6.07, 6.45) is 58.9. The molecule has 444 valence electrons. The quantitative estimate of drug-likeness (QED) is 0.0215. The van der Waals surface area contributed by atoms with Gasteiger partial charge in [0.15, 0.2) is 6.29 Å². The highest BCUT2D eigenvalue weighted by molar-refractivity contribution is 5.80. The number of carbonyl (C=O) groups is 1. The number of ether oxygens (including phenoxy) is 2. The van der Waals surface area contributed by atoms with Gasteiger partial charge in [-0.1, -0.05) is 248 Å². The minimum Gasteiger partial charge on any atom is -0.394 e. The fourth-order valence-electron chi connectivity index (χ4n) is 9.93. The van der Waals surface area contributed by atoms with Gasteiger partial charge in [0.25, 0.3) is 0 Å². The van der Waals surface area contributed by atoms with Gasteiger partial charge in [-0.15, -0.1) is 0 Å². The van der Waals surface area contributed by atoms with E-state index in [2.05, 4.69) is 79.9 Å². The first-order valence-corrected chi connectivity index (χ1v) is 31.7. The first kappa shape index (κ1) is 71.8. The van der Waals surface area contributed by atoms with Gasteiger partial charge >= 0.3 is 0 Å². The van der Waals surface area contributed by atoms with Crippen LogP contribution in [0.2, 0.25) is 0 Å². The number of nitrogens with one attached hydrogen (secondary N) is 1. The Kier molecular flexibility index (Phi) is 50.5. The van der Waals surface area contributed by atoms with Gasteiger partial charge in [-0.2, -0.15) is 0 Å². The summed E-state index contributed by atoms with van der Waals surface area (Å²) >= 11 is 0. The van der Waals surface area contributed by atoms with Crippen LogP contribution < -0.4 is 5.32 Å². The smallest absolute Gasteiger partial charge is 0.249 e. The van der Waals surface area contributed by atoms with E-state index in [9.17, 15) is 40.5 Å². The van der Waals surface area contributed by atoms with Crippen LogP contribution in [-0.4, -0.2) is 110 Å². The molecule has 0 aliphatic carbocycles. The lowest BCUT2D eigenvalue weighted by Crippen LogP contribution is -2.60. The number of unbranched alkanes of at least 4 members (excludes halogenated alkanes) is 32. The maximum atomic E-state index is 13.2. The number of aliphatic hydroxyl groups is 7. The molecule has 9 unspecified atom stereocenters. The van der Waals surface area contributed by atoms with Crippen LogP contribution >= 0.6 is 0 Å². The number of carbonyl (C=O) groups excluding carboxylic acids is 1. The zero-order chi connectivity index (χ0) is 55.4. The van der Waals surface area contributed by atoms with Crippen molar-refractivity contribution in [2.24, 2.45) is 0 Å². The van der Waals surface area contributed by atoms with Crippen LogP contribution in [0.4, 0.5) is 0 Å². The Morgan fingerprint density at radius 1 is 0.474 bits per heavy atom. The van der Waals surface area contributed by atoms with Gasteiger partial charge in [0.05, 0.1) is 25.4 Å². The molecule has 1 rings (SSSR count). The zero-order valence-corrected chi connectivity index (χ0v) is 48.7. The van der Waals surface area contributed by atoms with Crippen LogP contribution in [0.25, 0.3) is 0 Å². The van der Waals surface area contributed by atoms with E-state index in [-0.39, 0.29) is 12.8 Å². The second-order valence-electron chi connectivity index (χ2n) is 22.1. The summed E-state index contributed by atoms with van der Waals surface area (Å²) in [7, 11) is 0. The third-order valence-corrected chi connectivity index (χ3v) is 15.0. The predicted octanol–water partition coefficient (Wildman–Crippen LogP) is 14.2. The monoisotopic (exact) mass is 1070 g/mol. The third-order valence-electron chi connectivity index (χ3n) is 15.0. The maximum Gasteiger partial charge on any atom is 0.249 e. The molecule has 1 amide bonds. The molecule has 0 aromatic carbocycles. The molecule has 0 spiro atoms. The van der Waals surface area contributed by atoms with Gasteiger partial charge in [0, 0.05) is 0 Å². The average molecular weight is 1070 g/mol. The fourth-order valence-corrected chi connectivity index (χ4v) is 9.93. The summed E-state index contributed by atoms with van der Waals surface area (Å²) in [4.78, 5) is 13.2. The minimum absolute atomic E-state index is 0.239. The number of allylic oxidation sites excluding steroid dienone is 10. The zero-order valence-electron chi connectivity index (χ0n) is 48.7. The first-order chi connectivity index (χ1) is 37.2. The van der Waals surface area contributed by atoms with E-state index in [1.807, 2.05) is 0 Å². The SMILES string of the molecule is CC/C=C/CC/C=C/CC/C=C/CCCC(O)C(O)C(COC1OC(CO)C(O)C(O)C1O)NC(=O)C(O)CCCCCCCCCCCCCCCCCC/C=C\C/C=C\CCCCCCCCCCCCCCC. The van der Waals surface area contributed by atoms with Crippen molar-refractivity contribution in [2.45, 2.75) is 332 Å². The fraction of sp³-hybridized carbons (Fsp3) is 0.831. The van der Waals surface area contributed by atoms with E-state index < -0.39 is 74.2 Å². The van der Waals surface area contributed by atoms with Crippen molar-refractivity contribution < 1.29 is 50.0 Å². The van der Waals surface area contributed by atoms with Crippen LogP contribution in [0.5, 0.6) is 0 Å². The molecule has 0 bridgehead atoms. The Hall–Kier alpha value is -2.19. The standard InChI is InChI=1S/C65H119NO10/c1-3-5-7-9-11-13-15-17-18-19-20-21-22-23-24-25-26-27-28-29-30-31-32-33-34-35-36-37-38-39-41-43-45-47-49-51-53-58(69)64(74)66-56(55-75-65-63(73)62(72)61(71)59(54-67)76-65)60(70)57(68)52-50-48-46-44-42-40-16-14-12-10-8-6-4-2/h6,8,14,16,24-25,27-28,44,46,56-63,65,67-73H,3-5,7,9-13,15,17-23,26,29-43,45,47-55H2,1-2H3,(H,66,74)/b8-6+,16-14+,25-24-,28-27-,46-44+. The molecule has 1 fully saturated rings. The highest BCUT2D eigenvalue weighted by Gasteiger charge is 2.44. The highest BCUT2D eigenvalue weighted by Crippen LogP contribution is 2.23. The van der Waals surface area contributed by atoms with Crippen molar-refractivity contribution in [3.05, 3.63) is 60.8 Å². The molecule has 1 aliphatic heterocycles. The van der Waals surface area contributed by atoms with Crippen molar-refractivity contribution >= 4 is 5.91 Å². The largest absolute Gasteiger partial charge is 0.394 e. The Morgan fingerprint density at radius 3 is 1.32 bits per heavy atom. The van der Waals surface area contributed by atoms with Crippen molar-refractivity contribution in [3.8, 4) is 0 Å². The van der Waals surface area contributed by atoms with Crippen molar-refractivity contribution in [1.82, 2.24) is 5.32 Å². The van der Waals surface area contributed by atoms with Crippen molar-refractivity contribution in [2.75, 3.05) is 13.2 Å². The number of hydrogen-bond donors (Lipinski definition) is 8. The molecule has 9 atom stereocenters. The average Bonchev–Trinajstić information content (AvgIpc) is 3.42. The van der Waals surface area contributed by atoms with Crippen molar-refractivity contribution in [1.29, 1.82) is 0 Å². The summed E-state index contributed by atoms with van der Waals surface area (Å²) in [6, 6.07) is -1.20. The van der Waals surface area contributed by atoms with Crippen LogP contribution in [0.15, 0.2) is 60.8 Å². The van der Waals surface area contributed by atoms with E-state index in [4.69, 9.17) is 9.47 Å². The normalized spacial score (nSPS) is 20.0. The number of amides is 1. The molecule has 11 heteroatoms. The van der Waals surface area contributed by atoms with Gasteiger partial charge in [-0.25, -0.2) is 0 Å². The number of rotatable bonds is 54. The van der Waals surface area contributed by atoms with E-state index in [1.54, 1.807) is 0 Å². The second-order valence-corrected chi connectivity index (χ2v) is 22.1. The summed E-state index contributed by atoms with van der Waals surface area (Å²) in [5.41, 5.74) is 0. The number of aliphatic hydroxyl groups excluding tert-OH is 7. The lowest BCUT2D eigenvalue weighted by atomic mass is 9.98.